The Hall–Kier alpha value is -4.79. The number of carbonyl (C=O) groups excluding carboxylic acids is 3. The molecule has 2 aromatic carbocycles. The standard InChI is InChI=1S/C62H90F3N7O4/c1-11-20-45-33-51(55(66-37-45)43(7)76-10)57-52(36-61(8,9)13-3)50-35-49(25-26-54(50)71(57)40-62(63,64)65)48-24-19-21-44(32-48)34-53(60(75)72-29-18-17-28-67-72)68-58(73)56(47-22-15-16-23-47)70-30-27-46(39-70)38-69(14-4)59(74)42(6)31-41(5)12-2/h19,21,24-26,32-33,35,37,41-43,46-47,53,56,67H,11-18,20,22-23,27-31,34,36,38-40H2,1-10H3,(H,68,73). The van der Waals surface area contributed by atoms with Gasteiger partial charge in [-0.25, -0.2) is 5.43 Å². The van der Waals surface area contributed by atoms with E-state index in [1.807, 2.05) is 60.5 Å². The lowest BCUT2D eigenvalue weighted by atomic mass is 9.81. The van der Waals surface area contributed by atoms with Gasteiger partial charge in [0.05, 0.1) is 23.5 Å². The Labute approximate surface area is 452 Å². The Morgan fingerprint density at radius 3 is 2.33 bits per heavy atom. The maximum atomic E-state index is 15.0. The first kappa shape index (κ1) is 58.9. The van der Waals surface area contributed by atoms with Gasteiger partial charge in [-0.15, -0.1) is 0 Å². The molecule has 7 rings (SSSR count). The molecule has 0 bridgehead atoms. The lowest BCUT2D eigenvalue weighted by Crippen LogP contribution is -2.59. The van der Waals surface area contributed by atoms with Crippen molar-refractivity contribution in [3.8, 4) is 22.4 Å². The molecule has 14 heteroatoms. The fourth-order valence-electron chi connectivity index (χ4n) is 12.3. The van der Waals surface area contributed by atoms with Crippen LogP contribution < -0.4 is 10.7 Å². The summed E-state index contributed by atoms with van der Waals surface area (Å²) in [5.41, 5.74) is 9.69. The summed E-state index contributed by atoms with van der Waals surface area (Å²) in [7, 11) is 1.60. The maximum absolute atomic E-state index is 15.0. The molecule has 3 aliphatic rings. The number of fused-ring (bicyclic) bond motifs is 1. The zero-order valence-electron chi connectivity index (χ0n) is 47.6. The van der Waals surface area contributed by atoms with Crippen LogP contribution in [-0.4, -0.2) is 107 Å². The number of likely N-dealkylation sites (tertiary alicyclic amines) is 1. The largest absolute Gasteiger partial charge is 0.406 e. The number of hydrazine groups is 1. The van der Waals surface area contributed by atoms with Crippen molar-refractivity contribution in [2.45, 2.75) is 183 Å². The smallest absolute Gasteiger partial charge is 0.375 e. The van der Waals surface area contributed by atoms with Crippen molar-refractivity contribution in [2.24, 2.45) is 29.1 Å². The second-order valence-corrected chi connectivity index (χ2v) is 23.6. The highest BCUT2D eigenvalue weighted by Crippen LogP contribution is 2.44. The summed E-state index contributed by atoms with van der Waals surface area (Å²) in [4.78, 5) is 52.6. The van der Waals surface area contributed by atoms with E-state index in [0.717, 1.165) is 123 Å². The predicted octanol–water partition coefficient (Wildman–Crippen LogP) is 12.5. The Balaban J connectivity index is 1.23. The van der Waals surface area contributed by atoms with Gasteiger partial charge in [-0.05, 0) is 141 Å². The van der Waals surface area contributed by atoms with Crippen LogP contribution in [0.4, 0.5) is 13.2 Å². The van der Waals surface area contributed by atoms with E-state index in [9.17, 15) is 22.8 Å². The Bertz CT molecular complexity index is 2580. The number of amides is 3. The highest BCUT2D eigenvalue weighted by atomic mass is 19.4. The van der Waals surface area contributed by atoms with Gasteiger partial charge >= 0.3 is 6.18 Å². The summed E-state index contributed by atoms with van der Waals surface area (Å²) >= 11 is 0. The molecule has 1 aliphatic carbocycles. The number of benzene rings is 2. The molecule has 6 unspecified atom stereocenters. The minimum Gasteiger partial charge on any atom is -0.375 e. The molecule has 2 N–H and O–H groups in total. The van der Waals surface area contributed by atoms with E-state index >= 15 is 4.79 Å². The van der Waals surface area contributed by atoms with Crippen LogP contribution in [0.5, 0.6) is 0 Å². The molecule has 2 aliphatic heterocycles. The topological polar surface area (TPSA) is 112 Å². The average Bonchev–Trinajstić information content (AvgIpc) is 4.20. The zero-order valence-corrected chi connectivity index (χ0v) is 47.6. The Morgan fingerprint density at radius 2 is 1.67 bits per heavy atom. The number of rotatable bonds is 24. The molecular weight excluding hydrogens is 964 g/mol. The molecule has 4 heterocycles. The summed E-state index contributed by atoms with van der Waals surface area (Å²) in [5.74, 6) is 0.813. The molecule has 418 valence electrons. The second-order valence-electron chi connectivity index (χ2n) is 23.6. The first-order valence-corrected chi connectivity index (χ1v) is 29.0. The zero-order chi connectivity index (χ0) is 54.9. The molecule has 2 aromatic heterocycles. The van der Waals surface area contributed by atoms with E-state index in [0.29, 0.717) is 61.0 Å². The molecular formula is C62H90F3N7O4. The van der Waals surface area contributed by atoms with Crippen LogP contribution >= 0.6 is 0 Å². The molecule has 3 fully saturated rings. The number of hydrogen-bond acceptors (Lipinski definition) is 7. The van der Waals surface area contributed by atoms with Crippen molar-refractivity contribution in [3.05, 3.63) is 77.1 Å². The highest BCUT2D eigenvalue weighted by Gasteiger charge is 2.42. The third-order valence-electron chi connectivity index (χ3n) is 17.2. The molecule has 0 radical (unpaired) electrons. The van der Waals surface area contributed by atoms with Crippen LogP contribution in [-0.2, 0) is 44.9 Å². The van der Waals surface area contributed by atoms with Gasteiger partial charge in [0.2, 0.25) is 11.8 Å². The van der Waals surface area contributed by atoms with Gasteiger partial charge in [0.25, 0.3) is 5.91 Å². The molecule has 11 nitrogen and oxygen atoms in total. The number of pyridine rings is 1. The van der Waals surface area contributed by atoms with Crippen LogP contribution in [0.2, 0.25) is 0 Å². The lowest BCUT2D eigenvalue weighted by Gasteiger charge is -2.35. The van der Waals surface area contributed by atoms with Crippen molar-refractivity contribution < 1.29 is 32.3 Å². The summed E-state index contributed by atoms with van der Waals surface area (Å²) in [6.45, 7) is 21.8. The first-order valence-electron chi connectivity index (χ1n) is 29.0. The van der Waals surface area contributed by atoms with E-state index in [4.69, 9.17) is 9.72 Å². The Morgan fingerprint density at radius 1 is 0.921 bits per heavy atom. The number of alkyl halides is 3. The first-order chi connectivity index (χ1) is 36.3. The van der Waals surface area contributed by atoms with Crippen molar-refractivity contribution in [1.29, 1.82) is 0 Å². The van der Waals surface area contributed by atoms with Gasteiger partial charge in [-0.3, -0.25) is 29.3 Å². The van der Waals surface area contributed by atoms with E-state index < -0.39 is 24.9 Å². The van der Waals surface area contributed by atoms with Gasteiger partial charge in [-0.2, -0.15) is 13.2 Å². The maximum Gasteiger partial charge on any atom is 0.406 e. The number of methoxy groups -OCH3 is 1. The summed E-state index contributed by atoms with van der Waals surface area (Å²) in [6.07, 6.45) is 8.77. The van der Waals surface area contributed by atoms with E-state index in [1.165, 1.54) is 4.57 Å². The van der Waals surface area contributed by atoms with Gasteiger partial charge in [0.1, 0.15) is 12.6 Å². The van der Waals surface area contributed by atoms with Crippen LogP contribution in [0.1, 0.15) is 161 Å². The van der Waals surface area contributed by atoms with Crippen molar-refractivity contribution in [1.82, 2.24) is 35.1 Å². The molecule has 4 aromatic rings. The van der Waals surface area contributed by atoms with Crippen LogP contribution in [0.3, 0.4) is 0 Å². The molecule has 3 amide bonds. The van der Waals surface area contributed by atoms with Crippen molar-refractivity contribution >= 4 is 28.6 Å². The second kappa shape index (κ2) is 26.2. The molecule has 6 atom stereocenters. The minimum atomic E-state index is -4.50. The molecule has 1 saturated carbocycles. The number of hydrogen-bond donors (Lipinski definition) is 2. The van der Waals surface area contributed by atoms with Crippen LogP contribution in [0, 0.1) is 29.1 Å². The number of nitrogens with one attached hydrogen (secondary N) is 2. The molecule has 76 heavy (non-hydrogen) atoms. The monoisotopic (exact) mass is 1050 g/mol. The highest BCUT2D eigenvalue weighted by molar-refractivity contribution is 5.95. The average molecular weight is 1050 g/mol. The van der Waals surface area contributed by atoms with Gasteiger partial charge in [0, 0.05) is 74.8 Å². The van der Waals surface area contributed by atoms with Gasteiger partial charge < -0.3 is 19.5 Å². The summed E-state index contributed by atoms with van der Waals surface area (Å²) in [5, 5.41) is 5.78. The number of halogens is 3. The van der Waals surface area contributed by atoms with Crippen LogP contribution in [0.25, 0.3) is 33.3 Å². The number of ether oxygens (including phenoxy) is 1. The predicted molar refractivity (Wildman–Crippen MR) is 299 cm³/mol. The fraction of sp³-hybridized carbons (Fsp3) is 0.645. The molecule has 0 spiro atoms. The fourth-order valence-corrected chi connectivity index (χ4v) is 12.3. The quantitative estimate of drug-likeness (QED) is 0.0719. The molecule has 2 saturated heterocycles. The van der Waals surface area contributed by atoms with Crippen LogP contribution in [0.15, 0.2) is 54.7 Å². The van der Waals surface area contributed by atoms with E-state index in [1.54, 1.807) is 12.1 Å². The van der Waals surface area contributed by atoms with Crippen molar-refractivity contribution in [3.63, 3.8) is 0 Å². The normalized spacial score (nSPS) is 19.0. The summed E-state index contributed by atoms with van der Waals surface area (Å²) in [6, 6.07) is 14.6. The van der Waals surface area contributed by atoms with E-state index in [2.05, 4.69) is 77.1 Å². The van der Waals surface area contributed by atoms with E-state index in [-0.39, 0.29) is 53.4 Å². The third-order valence-corrected chi connectivity index (χ3v) is 17.2. The summed E-state index contributed by atoms with van der Waals surface area (Å²) < 4.78 is 51.9. The van der Waals surface area contributed by atoms with Gasteiger partial charge in [-0.1, -0.05) is 111 Å². The number of aryl methyl sites for hydroxylation is 1. The SMILES string of the molecule is CCCc1cnc(C(C)OC)c(-c2c(CC(C)(C)CC)c3cc(-c4cccc(CC(NC(=O)C(C5CCCC5)N5CCC(CN(CC)C(=O)C(C)CC(C)CC)C5)C(=O)N5CCCCN5)c4)ccc3n2CC(F)(F)F)c1. The Kier molecular flexibility index (Phi) is 20.3. The van der Waals surface area contributed by atoms with Gasteiger partial charge in [0.15, 0.2) is 0 Å². The lowest BCUT2D eigenvalue weighted by molar-refractivity contribution is -0.141. The number of carbonyl (C=O) groups is 3. The minimum absolute atomic E-state index is 0.0300. The third kappa shape index (κ3) is 14.5. The number of aromatic nitrogens is 2. The van der Waals surface area contributed by atoms with Crippen molar-refractivity contribution in [2.75, 3.05) is 46.4 Å². The number of nitrogens with zero attached hydrogens (tertiary/aromatic N) is 5.